The molecule has 0 spiro atoms. The van der Waals surface area contributed by atoms with Crippen molar-refractivity contribution in [2.24, 2.45) is 0 Å². The molecule has 0 saturated heterocycles. The van der Waals surface area contributed by atoms with Crippen molar-refractivity contribution < 1.29 is 9.32 Å². The summed E-state index contributed by atoms with van der Waals surface area (Å²) in [6.07, 6.45) is 1.29. The Morgan fingerprint density at radius 3 is 2.36 bits per heavy atom. The second-order valence-electron chi connectivity index (χ2n) is 6.91. The van der Waals surface area contributed by atoms with Crippen LogP contribution in [0.1, 0.15) is 38.3 Å². The fourth-order valence-electron chi connectivity index (χ4n) is 2.23. The van der Waals surface area contributed by atoms with E-state index in [0.717, 1.165) is 6.42 Å². The van der Waals surface area contributed by atoms with Gasteiger partial charge in [-0.3, -0.25) is 0 Å². The molecule has 1 unspecified atom stereocenters. The summed E-state index contributed by atoms with van der Waals surface area (Å²) in [5, 5.41) is 9.80. The average Bonchev–Trinajstić information content (AvgIpc) is 2.56. The maximum absolute atomic E-state index is 12.5. The summed E-state index contributed by atoms with van der Waals surface area (Å²) in [6, 6.07) is 17.1. The minimum Gasteiger partial charge on any atom is -0.507 e. The van der Waals surface area contributed by atoms with Gasteiger partial charge in [0.05, 0.1) is 21.3 Å². The summed E-state index contributed by atoms with van der Waals surface area (Å²) in [6.45, 7) is 5.84. The van der Waals surface area contributed by atoms with Crippen molar-refractivity contribution in [3.63, 3.8) is 0 Å². The van der Waals surface area contributed by atoms with Crippen molar-refractivity contribution >= 4 is 11.0 Å². The zero-order chi connectivity index (χ0) is 18.3. The molecule has 0 aromatic heterocycles. The van der Waals surface area contributed by atoms with Gasteiger partial charge < -0.3 is 5.11 Å². The number of para-hydroxylation sites is 1. The van der Waals surface area contributed by atoms with Gasteiger partial charge in [-0.05, 0) is 44.9 Å². The van der Waals surface area contributed by atoms with Crippen LogP contribution in [0.25, 0.3) is 0 Å². The predicted molar refractivity (Wildman–Crippen MR) is 105 cm³/mol. The molecule has 0 aliphatic rings. The molecular weight excluding hydrogens is 330 g/mol. The summed E-state index contributed by atoms with van der Waals surface area (Å²) in [4.78, 5) is 0. The summed E-state index contributed by atoms with van der Waals surface area (Å²) in [5.41, 5.74) is 1.79. The van der Waals surface area contributed by atoms with Crippen LogP contribution in [0.5, 0.6) is 5.75 Å². The first kappa shape index (κ1) is 19.2. The molecule has 0 aliphatic heterocycles. The van der Waals surface area contributed by atoms with Crippen molar-refractivity contribution in [1.29, 1.82) is 0 Å². The molecule has 2 N–H and O–H groups in total. The molecule has 0 aliphatic carbocycles. The first-order chi connectivity index (χ1) is 11.9. The first-order valence-corrected chi connectivity index (χ1v) is 9.50. The minimum atomic E-state index is -1.16. The summed E-state index contributed by atoms with van der Waals surface area (Å²) in [5.74, 6) is 6.30. The highest BCUT2D eigenvalue weighted by molar-refractivity contribution is 7.84. The maximum atomic E-state index is 12.5. The highest BCUT2D eigenvalue weighted by Crippen LogP contribution is 2.15. The Balaban J connectivity index is 2.11. The Labute approximate surface area is 153 Å². The van der Waals surface area contributed by atoms with Gasteiger partial charge in [0, 0.05) is 12.5 Å². The number of aromatic hydroxyl groups is 1. The zero-order valence-corrected chi connectivity index (χ0v) is 15.8. The van der Waals surface area contributed by atoms with Gasteiger partial charge in [-0.1, -0.05) is 54.3 Å². The van der Waals surface area contributed by atoms with Crippen LogP contribution in [0.3, 0.4) is 0 Å². The summed E-state index contributed by atoms with van der Waals surface area (Å²) >= 11 is 0. The van der Waals surface area contributed by atoms with Gasteiger partial charge in [-0.2, -0.15) is 0 Å². The van der Waals surface area contributed by atoms with E-state index >= 15 is 0 Å². The molecule has 0 bridgehead atoms. The van der Waals surface area contributed by atoms with E-state index in [1.54, 1.807) is 18.2 Å². The third-order valence-electron chi connectivity index (χ3n) is 3.63. The van der Waals surface area contributed by atoms with Crippen LogP contribution in [-0.2, 0) is 17.4 Å². The van der Waals surface area contributed by atoms with E-state index in [-0.39, 0.29) is 16.5 Å². The number of rotatable bonds is 5. The van der Waals surface area contributed by atoms with Crippen LogP contribution in [-0.4, -0.2) is 20.1 Å². The Morgan fingerprint density at radius 2 is 1.72 bits per heavy atom. The molecule has 2 atom stereocenters. The second-order valence-corrected chi connectivity index (χ2v) is 8.91. The lowest BCUT2D eigenvalue weighted by atomic mass is 10.0. The molecular formula is C21H25NO2S. The fraction of sp³-hybridized carbons (Fsp3) is 0.333. The van der Waals surface area contributed by atoms with Gasteiger partial charge >= 0.3 is 0 Å². The molecule has 0 radical (unpaired) electrons. The molecule has 132 valence electrons. The molecule has 2 aromatic carbocycles. The number of phenols is 1. The lowest BCUT2D eigenvalue weighted by Gasteiger charge is -2.23. The maximum Gasteiger partial charge on any atom is 0.131 e. The fourth-order valence-corrected chi connectivity index (χ4v) is 3.05. The van der Waals surface area contributed by atoms with Gasteiger partial charge in [-0.25, -0.2) is 8.93 Å². The number of benzene rings is 2. The number of phenolic OH excluding ortho intramolecular Hbond substituents is 1. The van der Waals surface area contributed by atoms with Gasteiger partial charge in [0.2, 0.25) is 0 Å². The van der Waals surface area contributed by atoms with Crippen molar-refractivity contribution in [1.82, 2.24) is 4.72 Å². The SMILES string of the molecule is CC(C)(C)S(=O)N[C@@H](CC#Cc1ccccc1O)Cc1ccccc1. The monoisotopic (exact) mass is 355 g/mol. The van der Waals surface area contributed by atoms with Gasteiger partial charge in [0.15, 0.2) is 0 Å². The third kappa shape index (κ3) is 6.38. The van der Waals surface area contributed by atoms with E-state index in [9.17, 15) is 9.32 Å². The topological polar surface area (TPSA) is 49.3 Å². The van der Waals surface area contributed by atoms with E-state index in [0.29, 0.717) is 12.0 Å². The van der Waals surface area contributed by atoms with E-state index in [4.69, 9.17) is 0 Å². The molecule has 0 fully saturated rings. The van der Waals surface area contributed by atoms with E-state index in [2.05, 4.69) is 28.7 Å². The average molecular weight is 356 g/mol. The lowest BCUT2D eigenvalue weighted by molar-refractivity contribution is 0.473. The molecule has 0 heterocycles. The largest absolute Gasteiger partial charge is 0.507 e. The van der Waals surface area contributed by atoms with Gasteiger partial charge in [0.1, 0.15) is 5.75 Å². The molecule has 3 nitrogen and oxygen atoms in total. The third-order valence-corrected chi connectivity index (χ3v) is 5.29. The Bertz CT molecular complexity index is 770. The standard InChI is InChI=1S/C21H25NO2S/c1-21(2,3)25(24)22-19(16-17-10-5-4-6-11-17)14-9-13-18-12-7-8-15-20(18)23/h4-8,10-12,15,19,22-23H,14,16H2,1-3H3/t19-,25?/m0/s1. The quantitative estimate of drug-likeness (QED) is 0.802. The highest BCUT2D eigenvalue weighted by Gasteiger charge is 2.22. The van der Waals surface area contributed by atoms with Crippen molar-refractivity contribution in [3.8, 4) is 17.6 Å². The molecule has 0 amide bonds. The minimum absolute atomic E-state index is 0.0270. The van der Waals surface area contributed by atoms with E-state index < -0.39 is 11.0 Å². The Kier molecular flexibility index (Phi) is 6.81. The summed E-state index contributed by atoms with van der Waals surface area (Å²) < 4.78 is 15.3. The van der Waals surface area contributed by atoms with Crippen molar-refractivity contribution in [3.05, 3.63) is 65.7 Å². The molecule has 25 heavy (non-hydrogen) atoms. The summed E-state index contributed by atoms with van der Waals surface area (Å²) in [7, 11) is -1.16. The van der Waals surface area contributed by atoms with Crippen LogP contribution < -0.4 is 4.72 Å². The van der Waals surface area contributed by atoms with Crippen LogP contribution >= 0.6 is 0 Å². The van der Waals surface area contributed by atoms with Crippen LogP contribution in [0.2, 0.25) is 0 Å². The van der Waals surface area contributed by atoms with Gasteiger partial charge in [-0.15, -0.1) is 0 Å². The van der Waals surface area contributed by atoms with Gasteiger partial charge in [0.25, 0.3) is 0 Å². The predicted octanol–water partition coefficient (Wildman–Crippen LogP) is 3.80. The van der Waals surface area contributed by atoms with Crippen molar-refractivity contribution in [2.45, 2.75) is 44.4 Å². The van der Waals surface area contributed by atoms with E-state index in [1.165, 1.54) is 5.56 Å². The van der Waals surface area contributed by atoms with E-state index in [1.807, 2.05) is 45.0 Å². The Morgan fingerprint density at radius 1 is 1.08 bits per heavy atom. The molecule has 2 aromatic rings. The van der Waals surface area contributed by atoms with Crippen LogP contribution in [0, 0.1) is 11.8 Å². The number of nitrogens with one attached hydrogen (secondary N) is 1. The Hall–Kier alpha value is -2.09. The van der Waals surface area contributed by atoms with Crippen LogP contribution in [0.4, 0.5) is 0 Å². The van der Waals surface area contributed by atoms with Crippen LogP contribution in [0.15, 0.2) is 54.6 Å². The highest BCUT2D eigenvalue weighted by atomic mass is 32.2. The second kappa shape index (κ2) is 8.84. The number of hydrogen-bond donors (Lipinski definition) is 2. The normalized spacial score (nSPS) is 13.6. The molecule has 0 saturated carbocycles. The number of hydrogen-bond acceptors (Lipinski definition) is 2. The lowest BCUT2D eigenvalue weighted by Crippen LogP contribution is -2.40. The van der Waals surface area contributed by atoms with Crippen molar-refractivity contribution in [2.75, 3.05) is 0 Å². The smallest absolute Gasteiger partial charge is 0.131 e. The molecule has 4 heteroatoms. The first-order valence-electron chi connectivity index (χ1n) is 8.35. The zero-order valence-electron chi connectivity index (χ0n) is 15.0. The molecule has 2 rings (SSSR count).